The molecule has 3 rings (SSSR count). The van der Waals surface area contributed by atoms with Crippen molar-refractivity contribution in [2.24, 2.45) is 0 Å². The summed E-state index contributed by atoms with van der Waals surface area (Å²) in [5.74, 6) is -1.05. The van der Waals surface area contributed by atoms with Gasteiger partial charge in [-0.15, -0.1) is 0 Å². The summed E-state index contributed by atoms with van der Waals surface area (Å²) in [6.07, 6.45) is -1.50. The molecule has 0 radical (unpaired) electrons. The van der Waals surface area contributed by atoms with E-state index in [9.17, 15) is 14.3 Å². The van der Waals surface area contributed by atoms with Crippen LogP contribution >= 0.6 is 0 Å². The van der Waals surface area contributed by atoms with Crippen molar-refractivity contribution in [3.8, 4) is 11.5 Å². The average molecular weight is 462 g/mol. The molecule has 0 saturated heterocycles. The van der Waals surface area contributed by atoms with E-state index in [1.165, 1.54) is 13.2 Å². The predicted molar refractivity (Wildman–Crippen MR) is 112 cm³/mol. The Morgan fingerprint density at radius 3 is 1.88 bits per heavy atom. The maximum atomic E-state index is 14.8. The Morgan fingerprint density at radius 1 is 0.938 bits per heavy atom. The minimum absolute atomic E-state index is 0. The van der Waals surface area contributed by atoms with Crippen molar-refractivity contribution in [3.05, 3.63) is 95.3 Å². The number of esters is 1. The summed E-state index contributed by atoms with van der Waals surface area (Å²) >= 11 is 0. The maximum absolute atomic E-state index is 14.8. The lowest BCUT2D eigenvalue weighted by Gasteiger charge is -2.19. The fourth-order valence-corrected chi connectivity index (χ4v) is 2.97. The highest BCUT2D eigenvalue weighted by Gasteiger charge is 2.32. The number of hydrogen-bond donors (Lipinski definition) is 2. The van der Waals surface area contributed by atoms with Gasteiger partial charge in [0, 0.05) is 11.6 Å². The van der Waals surface area contributed by atoms with Gasteiger partial charge in [-0.2, -0.15) is 0 Å². The summed E-state index contributed by atoms with van der Waals surface area (Å²) in [5, 5.41) is 10.5. The Labute approximate surface area is 192 Å². The zero-order valence-corrected chi connectivity index (χ0v) is 18.3. The molecule has 4 N–H and O–H groups in total. The van der Waals surface area contributed by atoms with Crippen LogP contribution in [-0.4, -0.2) is 24.2 Å². The summed E-state index contributed by atoms with van der Waals surface area (Å²) in [7, 11) is 1.18. The molecule has 3 aromatic carbocycles. The molecular formula is C24H25ClFNO5. The summed E-state index contributed by atoms with van der Waals surface area (Å²) < 4.78 is 31.1. The van der Waals surface area contributed by atoms with Gasteiger partial charge in [-0.1, -0.05) is 60.7 Å². The molecule has 0 bridgehead atoms. The van der Waals surface area contributed by atoms with Gasteiger partial charge in [-0.05, 0) is 17.2 Å². The van der Waals surface area contributed by atoms with E-state index < -0.39 is 23.9 Å². The van der Waals surface area contributed by atoms with Crippen LogP contribution in [0.15, 0.2) is 72.8 Å². The molecule has 170 valence electrons. The fourth-order valence-electron chi connectivity index (χ4n) is 2.97. The van der Waals surface area contributed by atoms with Crippen molar-refractivity contribution in [1.29, 1.82) is 0 Å². The molecule has 8 heteroatoms. The Hall–Kier alpha value is -3.13. The highest BCUT2D eigenvalue weighted by molar-refractivity contribution is 5.75. The SMILES string of the molecule is COC(=O)[C@@H]([NH3+])[C@H](O)c1cc(OCc2ccccc2)c(OCc2ccccc2)cc1F.[Cl-]. The van der Waals surface area contributed by atoms with Crippen molar-refractivity contribution in [3.63, 3.8) is 0 Å². The Balaban J connectivity index is 0.00000363. The summed E-state index contributed by atoms with van der Waals surface area (Å²) in [5.41, 5.74) is 5.28. The molecular weight excluding hydrogens is 437 g/mol. The monoisotopic (exact) mass is 461 g/mol. The van der Waals surface area contributed by atoms with Crippen LogP contribution in [0.4, 0.5) is 4.39 Å². The first-order chi connectivity index (χ1) is 15.0. The quantitative estimate of drug-likeness (QED) is 0.431. The van der Waals surface area contributed by atoms with Gasteiger partial charge in [0.25, 0.3) is 0 Å². The maximum Gasteiger partial charge on any atom is 0.367 e. The van der Waals surface area contributed by atoms with E-state index in [4.69, 9.17) is 9.47 Å². The van der Waals surface area contributed by atoms with Crippen LogP contribution in [0.5, 0.6) is 11.5 Å². The minimum atomic E-state index is -1.50. The Bertz CT molecular complexity index is 1000. The Morgan fingerprint density at radius 2 is 1.41 bits per heavy atom. The van der Waals surface area contributed by atoms with E-state index in [1.54, 1.807) is 0 Å². The van der Waals surface area contributed by atoms with Gasteiger partial charge < -0.3 is 37.5 Å². The molecule has 3 aromatic rings. The van der Waals surface area contributed by atoms with E-state index >= 15 is 0 Å². The van der Waals surface area contributed by atoms with Crippen LogP contribution in [0.2, 0.25) is 0 Å². The van der Waals surface area contributed by atoms with E-state index in [1.807, 2.05) is 60.7 Å². The molecule has 0 aliphatic rings. The predicted octanol–water partition coefficient (Wildman–Crippen LogP) is -0.195. The number of rotatable bonds is 9. The number of ether oxygens (including phenoxy) is 3. The van der Waals surface area contributed by atoms with Gasteiger partial charge in [0.15, 0.2) is 11.5 Å². The van der Waals surface area contributed by atoms with E-state index in [2.05, 4.69) is 10.5 Å². The minimum Gasteiger partial charge on any atom is -1.00 e. The normalized spacial score (nSPS) is 12.2. The lowest BCUT2D eigenvalue weighted by molar-refractivity contribution is -0.426. The largest absolute Gasteiger partial charge is 1.00 e. The van der Waals surface area contributed by atoms with Crippen LogP contribution in [0.25, 0.3) is 0 Å². The van der Waals surface area contributed by atoms with Gasteiger partial charge in [0.05, 0.1) is 7.11 Å². The first-order valence-corrected chi connectivity index (χ1v) is 9.75. The summed E-state index contributed by atoms with van der Waals surface area (Å²) in [4.78, 5) is 11.7. The van der Waals surface area contributed by atoms with Crippen molar-refractivity contribution < 1.29 is 46.6 Å². The van der Waals surface area contributed by atoms with E-state index in [0.717, 1.165) is 17.2 Å². The lowest BCUT2D eigenvalue weighted by Crippen LogP contribution is -3.00. The first-order valence-electron chi connectivity index (χ1n) is 9.75. The Kier molecular flexibility index (Phi) is 9.46. The third kappa shape index (κ3) is 6.43. The molecule has 6 nitrogen and oxygen atoms in total. The number of hydrogen-bond acceptors (Lipinski definition) is 5. The van der Waals surface area contributed by atoms with Crippen molar-refractivity contribution in [2.45, 2.75) is 25.4 Å². The topological polar surface area (TPSA) is 92.6 Å². The molecule has 32 heavy (non-hydrogen) atoms. The smallest absolute Gasteiger partial charge is 0.367 e. The molecule has 0 fully saturated rings. The first kappa shape index (κ1) is 25.1. The highest BCUT2D eigenvalue weighted by Crippen LogP contribution is 2.34. The number of benzene rings is 3. The van der Waals surface area contributed by atoms with Gasteiger partial charge >= 0.3 is 5.97 Å². The second-order valence-electron chi connectivity index (χ2n) is 6.94. The fraction of sp³-hybridized carbons (Fsp3) is 0.208. The van der Waals surface area contributed by atoms with Crippen LogP contribution in [0.1, 0.15) is 22.8 Å². The second kappa shape index (κ2) is 12.0. The molecule has 2 atom stereocenters. The molecule has 0 aliphatic heterocycles. The third-order valence-electron chi connectivity index (χ3n) is 4.74. The molecule has 0 saturated carbocycles. The van der Waals surface area contributed by atoms with Gasteiger partial charge in [0.1, 0.15) is 25.1 Å². The zero-order valence-electron chi connectivity index (χ0n) is 17.5. The van der Waals surface area contributed by atoms with Crippen molar-refractivity contribution in [2.75, 3.05) is 7.11 Å². The van der Waals surface area contributed by atoms with Gasteiger partial charge in [0.2, 0.25) is 6.04 Å². The second-order valence-corrected chi connectivity index (χ2v) is 6.94. The number of carbonyl (C=O) groups is 1. The van der Waals surface area contributed by atoms with Crippen LogP contribution < -0.4 is 27.6 Å². The van der Waals surface area contributed by atoms with Gasteiger partial charge in [-0.3, -0.25) is 0 Å². The number of halogens is 2. The van der Waals surface area contributed by atoms with Crippen LogP contribution in [0, 0.1) is 5.82 Å². The number of carbonyl (C=O) groups excluding carboxylic acids is 1. The van der Waals surface area contributed by atoms with Crippen LogP contribution in [0.3, 0.4) is 0 Å². The molecule has 0 spiro atoms. The molecule has 0 amide bonds. The molecule has 0 unspecified atom stereocenters. The summed E-state index contributed by atoms with van der Waals surface area (Å²) in [6, 6.07) is 20.2. The molecule has 0 heterocycles. The number of quaternary nitrogens is 1. The lowest BCUT2D eigenvalue weighted by atomic mass is 10.0. The molecule has 0 aliphatic carbocycles. The van der Waals surface area contributed by atoms with Crippen molar-refractivity contribution in [1.82, 2.24) is 0 Å². The molecule has 0 aromatic heterocycles. The number of aliphatic hydroxyl groups is 1. The van der Waals surface area contributed by atoms with E-state index in [0.29, 0.717) is 0 Å². The summed E-state index contributed by atoms with van der Waals surface area (Å²) in [6.45, 7) is 0.429. The average Bonchev–Trinajstić information content (AvgIpc) is 2.81. The standard InChI is InChI=1S/C24H24FNO5.ClH/c1-29-24(28)22(26)23(27)18-12-20(30-14-16-8-4-2-5-9-16)21(13-19(18)25)31-15-17-10-6-3-7-11-17;/h2-13,22-23,27H,14-15,26H2,1H3;1H/t22-,23+;/m0./s1. The third-order valence-corrected chi connectivity index (χ3v) is 4.74. The number of methoxy groups -OCH3 is 1. The van der Waals surface area contributed by atoms with E-state index in [-0.39, 0.29) is 42.7 Å². The number of aliphatic hydroxyl groups excluding tert-OH is 1. The highest BCUT2D eigenvalue weighted by atomic mass is 35.5. The zero-order chi connectivity index (χ0) is 22.2. The van der Waals surface area contributed by atoms with Crippen molar-refractivity contribution >= 4 is 5.97 Å². The van der Waals surface area contributed by atoms with Gasteiger partial charge in [-0.25, -0.2) is 9.18 Å². The van der Waals surface area contributed by atoms with Crippen LogP contribution in [-0.2, 0) is 22.7 Å².